The Morgan fingerprint density at radius 1 is 0.881 bits per heavy atom. The maximum absolute atomic E-state index is 11.5. The number of benzene rings is 3. The Bertz CT molecular complexity index is 1370. The SMILES string of the molecule is C=CC(=O)OCCCCCCOc1ccc(C(OO)c2ccc(/C=N/N=C/c3ccc(C(=O)OC)cc3)cc2C)cc1. The number of carbonyl (C=O) groups is 2. The molecule has 0 aromatic heterocycles. The molecule has 0 aliphatic rings. The van der Waals surface area contributed by atoms with Crippen molar-refractivity contribution in [1.82, 2.24) is 0 Å². The number of unbranched alkanes of at least 4 members (excludes halogenated alkanes) is 3. The van der Waals surface area contributed by atoms with Crippen LogP contribution < -0.4 is 4.74 Å². The van der Waals surface area contributed by atoms with Gasteiger partial charge in [0.2, 0.25) is 0 Å². The van der Waals surface area contributed by atoms with E-state index in [1.54, 1.807) is 36.7 Å². The van der Waals surface area contributed by atoms with Crippen LogP contribution in [0.25, 0.3) is 0 Å². The van der Waals surface area contributed by atoms with Crippen molar-refractivity contribution < 1.29 is 33.9 Å². The van der Waals surface area contributed by atoms with Crippen molar-refractivity contribution in [1.29, 1.82) is 0 Å². The first-order chi connectivity index (χ1) is 20.4. The van der Waals surface area contributed by atoms with E-state index in [0.717, 1.165) is 59.3 Å². The van der Waals surface area contributed by atoms with Crippen molar-refractivity contribution in [2.45, 2.75) is 38.7 Å². The first-order valence-electron chi connectivity index (χ1n) is 13.6. The third kappa shape index (κ3) is 10.1. The minimum atomic E-state index is -0.661. The Labute approximate surface area is 246 Å². The van der Waals surface area contributed by atoms with Crippen LogP contribution in [-0.2, 0) is 19.2 Å². The van der Waals surface area contributed by atoms with Gasteiger partial charge in [-0.1, -0.05) is 49.0 Å². The van der Waals surface area contributed by atoms with E-state index >= 15 is 0 Å². The summed E-state index contributed by atoms with van der Waals surface area (Å²) < 4.78 is 15.5. The first-order valence-corrected chi connectivity index (χ1v) is 13.6. The number of esters is 2. The van der Waals surface area contributed by atoms with Gasteiger partial charge >= 0.3 is 11.9 Å². The number of aryl methyl sites for hydroxylation is 1. The molecule has 3 aromatic rings. The highest BCUT2D eigenvalue weighted by molar-refractivity contribution is 5.90. The summed E-state index contributed by atoms with van der Waals surface area (Å²) in [7, 11) is 1.34. The summed E-state index contributed by atoms with van der Waals surface area (Å²) in [6, 6.07) is 20.0. The van der Waals surface area contributed by atoms with Gasteiger partial charge < -0.3 is 14.2 Å². The lowest BCUT2D eigenvalue weighted by atomic mass is 9.96. The third-order valence-corrected chi connectivity index (χ3v) is 6.40. The summed E-state index contributed by atoms with van der Waals surface area (Å²) in [6.07, 6.45) is 7.36. The topological polar surface area (TPSA) is 116 Å². The number of ether oxygens (including phenoxy) is 3. The second kappa shape index (κ2) is 17.3. The highest BCUT2D eigenvalue weighted by Crippen LogP contribution is 2.29. The molecule has 0 saturated heterocycles. The summed E-state index contributed by atoms with van der Waals surface area (Å²) in [5.41, 5.74) is 4.62. The van der Waals surface area contributed by atoms with Gasteiger partial charge in [0.15, 0.2) is 0 Å². The van der Waals surface area contributed by atoms with Crippen molar-refractivity contribution in [3.05, 3.63) is 113 Å². The van der Waals surface area contributed by atoms with Gasteiger partial charge in [-0.2, -0.15) is 10.2 Å². The predicted molar refractivity (Wildman–Crippen MR) is 161 cm³/mol. The van der Waals surface area contributed by atoms with Gasteiger partial charge in [-0.25, -0.2) is 14.5 Å². The molecule has 0 fully saturated rings. The van der Waals surface area contributed by atoms with E-state index in [1.807, 2.05) is 49.4 Å². The van der Waals surface area contributed by atoms with Gasteiger partial charge in [-0.3, -0.25) is 5.26 Å². The maximum Gasteiger partial charge on any atom is 0.337 e. The van der Waals surface area contributed by atoms with Crippen LogP contribution in [0.3, 0.4) is 0 Å². The molecule has 9 heteroatoms. The molecule has 0 radical (unpaired) electrons. The molecule has 0 aliphatic carbocycles. The lowest BCUT2D eigenvalue weighted by Crippen LogP contribution is -2.06. The van der Waals surface area contributed by atoms with Gasteiger partial charge in [-0.15, -0.1) is 0 Å². The number of carbonyl (C=O) groups excluding carboxylic acids is 2. The molecule has 0 heterocycles. The van der Waals surface area contributed by atoms with E-state index in [1.165, 1.54) is 13.2 Å². The van der Waals surface area contributed by atoms with Gasteiger partial charge in [0, 0.05) is 6.08 Å². The van der Waals surface area contributed by atoms with E-state index in [4.69, 9.17) is 19.1 Å². The zero-order chi connectivity index (χ0) is 30.2. The Morgan fingerprint density at radius 2 is 1.52 bits per heavy atom. The van der Waals surface area contributed by atoms with E-state index in [9.17, 15) is 14.8 Å². The number of hydrogen-bond donors (Lipinski definition) is 1. The Balaban J connectivity index is 1.49. The van der Waals surface area contributed by atoms with E-state index in [2.05, 4.69) is 16.8 Å². The normalized spacial score (nSPS) is 11.9. The highest BCUT2D eigenvalue weighted by Gasteiger charge is 2.17. The summed E-state index contributed by atoms with van der Waals surface area (Å²) >= 11 is 0. The molecule has 3 rings (SSSR count). The van der Waals surface area contributed by atoms with Crippen molar-refractivity contribution in [3.63, 3.8) is 0 Å². The smallest absolute Gasteiger partial charge is 0.337 e. The van der Waals surface area contributed by atoms with Crippen molar-refractivity contribution in [3.8, 4) is 5.75 Å². The second-order valence-electron chi connectivity index (χ2n) is 9.41. The van der Waals surface area contributed by atoms with Gasteiger partial charge in [0.1, 0.15) is 11.9 Å². The predicted octanol–water partition coefficient (Wildman–Crippen LogP) is 6.48. The minimum Gasteiger partial charge on any atom is -0.494 e. The van der Waals surface area contributed by atoms with E-state index in [0.29, 0.717) is 18.8 Å². The van der Waals surface area contributed by atoms with Crippen LogP contribution in [0.1, 0.15) is 70.0 Å². The number of methoxy groups -OCH3 is 1. The zero-order valence-corrected chi connectivity index (χ0v) is 23.9. The summed E-state index contributed by atoms with van der Waals surface area (Å²) in [4.78, 5) is 27.4. The van der Waals surface area contributed by atoms with Gasteiger partial charge in [0.05, 0.1) is 38.3 Å². The molecule has 1 N–H and O–H groups in total. The number of hydrogen-bond acceptors (Lipinski definition) is 9. The van der Waals surface area contributed by atoms with E-state index < -0.39 is 18.0 Å². The Kier molecular flexibility index (Phi) is 13.1. The molecule has 1 unspecified atom stereocenters. The second-order valence-corrected chi connectivity index (χ2v) is 9.41. The average Bonchev–Trinajstić information content (AvgIpc) is 3.02. The van der Waals surface area contributed by atoms with Gasteiger partial charge in [0.25, 0.3) is 0 Å². The largest absolute Gasteiger partial charge is 0.494 e. The number of nitrogens with zero attached hydrogens (tertiary/aromatic N) is 2. The lowest BCUT2D eigenvalue weighted by molar-refractivity contribution is -0.270. The molecule has 0 bridgehead atoms. The molecule has 9 nitrogen and oxygen atoms in total. The minimum absolute atomic E-state index is 0.391. The summed E-state index contributed by atoms with van der Waals surface area (Å²) in [5.74, 6) is -0.0479. The summed E-state index contributed by atoms with van der Waals surface area (Å²) in [5, 5.41) is 17.9. The third-order valence-electron chi connectivity index (χ3n) is 6.40. The first kappa shape index (κ1) is 31.9. The highest BCUT2D eigenvalue weighted by atomic mass is 17.1. The number of rotatable bonds is 16. The molecule has 1 atom stereocenters. The van der Waals surface area contributed by atoms with Crippen molar-refractivity contribution >= 4 is 24.4 Å². The molecule has 0 saturated carbocycles. The monoisotopic (exact) mass is 572 g/mol. The zero-order valence-electron chi connectivity index (χ0n) is 23.9. The van der Waals surface area contributed by atoms with Crippen molar-refractivity contribution in [2.24, 2.45) is 10.2 Å². The molecule has 0 spiro atoms. The molecule has 42 heavy (non-hydrogen) atoms. The fourth-order valence-electron chi connectivity index (χ4n) is 4.11. The molecule has 0 amide bonds. The molecule has 3 aromatic carbocycles. The molecule has 0 aliphatic heterocycles. The lowest BCUT2D eigenvalue weighted by Gasteiger charge is -2.17. The fourth-order valence-corrected chi connectivity index (χ4v) is 4.11. The van der Waals surface area contributed by atoms with Crippen LogP contribution in [0.5, 0.6) is 5.75 Å². The Hall–Kier alpha value is -4.60. The fraction of sp³-hybridized carbons (Fsp3) is 0.273. The maximum atomic E-state index is 11.5. The van der Waals surface area contributed by atoms with Crippen LogP contribution >= 0.6 is 0 Å². The van der Waals surface area contributed by atoms with E-state index in [-0.39, 0.29) is 0 Å². The van der Waals surface area contributed by atoms with Crippen LogP contribution in [-0.4, -0.2) is 49.9 Å². The average molecular weight is 573 g/mol. The quantitative estimate of drug-likeness (QED) is 0.0521. The van der Waals surface area contributed by atoms with Crippen LogP contribution in [0, 0.1) is 6.92 Å². The van der Waals surface area contributed by atoms with Crippen molar-refractivity contribution in [2.75, 3.05) is 20.3 Å². The molecule has 220 valence electrons. The Morgan fingerprint density at radius 3 is 2.14 bits per heavy atom. The van der Waals surface area contributed by atoms with Crippen LogP contribution in [0.2, 0.25) is 0 Å². The molecular formula is C33H36N2O7. The standard InChI is InChI=1S/C33H36N2O7/c1-4-31(36)41-20-8-6-5-7-19-40-29-16-14-27(15-17-29)32(42-38)30-18-11-26(21-24(30)2)23-35-34-22-25-9-12-28(13-10-25)33(37)39-3/h4,9-18,21-23,32,38H,1,5-8,19-20H2,2-3H3/b34-22+,35-23+. The summed E-state index contributed by atoms with van der Waals surface area (Å²) in [6.45, 7) is 6.29. The van der Waals surface area contributed by atoms with Gasteiger partial charge in [-0.05, 0) is 84.7 Å². The van der Waals surface area contributed by atoms with Crippen LogP contribution in [0.15, 0.2) is 89.6 Å². The molecular weight excluding hydrogens is 536 g/mol. The van der Waals surface area contributed by atoms with Crippen LogP contribution in [0.4, 0.5) is 0 Å².